The van der Waals surface area contributed by atoms with Gasteiger partial charge in [-0.3, -0.25) is 9.59 Å². The molecule has 3 atom stereocenters. The second-order valence-electron chi connectivity index (χ2n) is 19.3. The molecular formula is C61H109NO5. The van der Waals surface area contributed by atoms with Crippen molar-refractivity contribution in [3.63, 3.8) is 0 Å². The maximum Gasteiger partial charge on any atom is 0.306 e. The van der Waals surface area contributed by atoms with Crippen LogP contribution in [0.2, 0.25) is 0 Å². The van der Waals surface area contributed by atoms with E-state index in [1.54, 1.807) is 0 Å². The van der Waals surface area contributed by atoms with E-state index in [2.05, 4.69) is 99.0 Å². The molecule has 388 valence electrons. The number of hydrogen-bond acceptors (Lipinski definition) is 5. The van der Waals surface area contributed by atoms with Gasteiger partial charge < -0.3 is 20.3 Å². The van der Waals surface area contributed by atoms with Crippen molar-refractivity contribution < 1.29 is 24.5 Å². The minimum atomic E-state index is -0.802. The van der Waals surface area contributed by atoms with Gasteiger partial charge in [-0.2, -0.15) is 0 Å². The molecule has 0 fully saturated rings. The van der Waals surface area contributed by atoms with Gasteiger partial charge in [0, 0.05) is 6.42 Å². The Hall–Kier alpha value is -2.70. The standard InChI is InChI=1S/C61H109NO5/c1-4-7-10-13-16-19-22-25-28-30-32-34-37-40-43-46-49-52-57(67-61(66)54-51-48-45-42-39-36-27-24-21-18-15-12-9-6-3)55-60(65)62-58(56-63)59(64)53-50-47-44-41-38-35-33-31-29-26-23-20-17-14-11-8-5-2/h9,12,16,18-19,21,25,27-28,32,34,36,57-59,63-64H,4-8,10-11,13-15,17,20,22-24,26,29-31,33,35,37-56H2,1-3H3,(H,62,65)/b12-9+,19-16-,21-18+,28-25-,34-32-,36-27+. The normalized spacial score (nSPS) is 13.7. The molecular weight excluding hydrogens is 827 g/mol. The summed E-state index contributed by atoms with van der Waals surface area (Å²) in [4.78, 5) is 26.3. The SMILES string of the molecule is CC/C=C/C/C=C/C/C=C/CCCCCCC(=O)OC(CCCCCC/C=C\C/C=C\C/C=C\CCCCC)CC(=O)NC(CO)C(O)CCCCCCCCCCCCCCCCCCC. The monoisotopic (exact) mass is 936 g/mol. The van der Waals surface area contributed by atoms with Gasteiger partial charge in [-0.05, 0) is 96.3 Å². The van der Waals surface area contributed by atoms with Crippen molar-refractivity contribution in [2.45, 2.75) is 296 Å². The third kappa shape index (κ3) is 49.5. The summed E-state index contributed by atoms with van der Waals surface area (Å²) in [6, 6.07) is -0.718. The summed E-state index contributed by atoms with van der Waals surface area (Å²) < 4.78 is 5.94. The van der Waals surface area contributed by atoms with Gasteiger partial charge in [-0.1, -0.05) is 241 Å². The smallest absolute Gasteiger partial charge is 0.306 e. The zero-order chi connectivity index (χ0) is 48.8. The highest BCUT2D eigenvalue weighted by atomic mass is 16.5. The van der Waals surface area contributed by atoms with Crippen molar-refractivity contribution in [3.8, 4) is 0 Å². The highest BCUT2D eigenvalue weighted by Gasteiger charge is 2.24. The predicted octanol–water partition coefficient (Wildman–Crippen LogP) is 17.7. The Bertz CT molecular complexity index is 1230. The Morgan fingerprint density at radius 2 is 0.806 bits per heavy atom. The highest BCUT2D eigenvalue weighted by molar-refractivity contribution is 5.77. The van der Waals surface area contributed by atoms with Crippen molar-refractivity contribution >= 4 is 11.9 Å². The van der Waals surface area contributed by atoms with E-state index in [0.29, 0.717) is 19.3 Å². The van der Waals surface area contributed by atoms with Gasteiger partial charge in [0.1, 0.15) is 6.10 Å². The number of hydrogen-bond donors (Lipinski definition) is 3. The fraction of sp³-hybridized carbons (Fsp3) is 0.770. The van der Waals surface area contributed by atoms with Crippen molar-refractivity contribution in [2.75, 3.05) is 6.61 Å². The molecule has 0 bridgehead atoms. The molecule has 0 aromatic rings. The van der Waals surface area contributed by atoms with Crippen LogP contribution in [0.3, 0.4) is 0 Å². The highest BCUT2D eigenvalue weighted by Crippen LogP contribution is 2.18. The Kier molecular flexibility index (Phi) is 52.1. The Balaban J connectivity index is 4.62. The van der Waals surface area contributed by atoms with E-state index in [4.69, 9.17) is 4.74 Å². The number of rotatable bonds is 51. The molecule has 0 rings (SSSR count). The molecule has 0 radical (unpaired) electrons. The van der Waals surface area contributed by atoms with E-state index in [0.717, 1.165) is 116 Å². The third-order valence-corrected chi connectivity index (χ3v) is 12.8. The van der Waals surface area contributed by atoms with E-state index in [1.165, 1.54) is 116 Å². The predicted molar refractivity (Wildman–Crippen MR) is 291 cm³/mol. The van der Waals surface area contributed by atoms with Crippen LogP contribution in [0.5, 0.6) is 0 Å². The lowest BCUT2D eigenvalue weighted by molar-refractivity contribution is -0.151. The van der Waals surface area contributed by atoms with Crippen LogP contribution in [-0.4, -0.2) is 46.9 Å². The number of unbranched alkanes of at least 4 members (excludes halogenated alkanes) is 27. The fourth-order valence-corrected chi connectivity index (χ4v) is 8.45. The zero-order valence-electron chi connectivity index (χ0n) is 44.3. The molecule has 0 heterocycles. The minimum absolute atomic E-state index is 0.0515. The summed E-state index contributed by atoms with van der Waals surface area (Å²) in [7, 11) is 0. The van der Waals surface area contributed by atoms with Crippen LogP contribution in [0.25, 0.3) is 0 Å². The number of nitrogens with one attached hydrogen (secondary N) is 1. The number of carbonyl (C=O) groups excluding carboxylic acids is 2. The summed E-state index contributed by atoms with van der Waals surface area (Å²) in [6.45, 7) is 6.35. The number of aliphatic hydroxyl groups excluding tert-OH is 2. The van der Waals surface area contributed by atoms with Gasteiger partial charge in [-0.15, -0.1) is 0 Å². The molecule has 67 heavy (non-hydrogen) atoms. The summed E-state index contributed by atoms with van der Waals surface area (Å²) in [5, 5.41) is 23.9. The first-order valence-electron chi connectivity index (χ1n) is 28.7. The molecule has 0 aliphatic rings. The van der Waals surface area contributed by atoms with Crippen LogP contribution in [0.4, 0.5) is 0 Å². The van der Waals surface area contributed by atoms with Gasteiger partial charge in [0.05, 0.1) is 25.2 Å². The number of allylic oxidation sites excluding steroid dienone is 12. The molecule has 0 aromatic carbocycles. The summed E-state index contributed by atoms with van der Waals surface area (Å²) in [6.07, 6.45) is 69.6. The maximum atomic E-state index is 13.3. The Morgan fingerprint density at radius 1 is 0.448 bits per heavy atom. The van der Waals surface area contributed by atoms with Gasteiger partial charge in [0.15, 0.2) is 0 Å². The summed E-state index contributed by atoms with van der Waals surface area (Å²) in [5.41, 5.74) is 0. The molecule has 0 spiro atoms. The number of ether oxygens (including phenoxy) is 1. The van der Waals surface area contributed by atoms with E-state index >= 15 is 0 Å². The second kappa shape index (κ2) is 54.2. The van der Waals surface area contributed by atoms with Crippen LogP contribution in [0.1, 0.15) is 278 Å². The largest absolute Gasteiger partial charge is 0.462 e. The average molecular weight is 937 g/mol. The minimum Gasteiger partial charge on any atom is -0.462 e. The van der Waals surface area contributed by atoms with Gasteiger partial charge in [0.25, 0.3) is 0 Å². The average Bonchev–Trinajstić information content (AvgIpc) is 3.32. The molecule has 0 saturated carbocycles. The Morgan fingerprint density at radius 3 is 1.25 bits per heavy atom. The first kappa shape index (κ1) is 64.3. The molecule has 3 unspecified atom stereocenters. The number of aliphatic hydroxyl groups is 2. The van der Waals surface area contributed by atoms with E-state index in [-0.39, 0.29) is 24.9 Å². The summed E-state index contributed by atoms with van der Waals surface area (Å²) in [5.74, 6) is -0.518. The second-order valence-corrected chi connectivity index (χ2v) is 19.3. The maximum absolute atomic E-state index is 13.3. The topological polar surface area (TPSA) is 95.9 Å². The molecule has 0 saturated heterocycles. The lowest BCUT2D eigenvalue weighted by Gasteiger charge is -2.24. The van der Waals surface area contributed by atoms with Crippen molar-refractivity contribution in [2.24, 2.45) is 0 Å². The van der Waals surface area contributed by atoms with E-state index in [1.807, 2.05) is 0 Å². The van der Waals surface area contributed by atoms with E-state index < -0.39 is 18.2 Å². The van der Waals surface area contributed by atoms with Crippen LogP contribution < -0.4 is 5.32 Å². The Labute approximate surface area is 415 Å². The quantitative estimate of drug-likeness (QED) is 0.0321. The summed E-state index contributed by atoms with van der Waals surface area (Å²) >= 11 is 0. The molecule has 0 aliphatic carbocycles. The number of esters is 1. The molecule has 6 heteroatoms. The van der Waals surface area contributed by atoms with E-state index in [9.17, 15) is 19.8 Å². The molecule has 0 aliphatic heterocycles. The lowest BCUT2D eigenvalue weighted by Crippen LogP contribution is -2.46. The first-order valence-corrected chi connectivity index (χ1v) is 28.7. The molecule has 3 N–H and O–H groups in total. The van der Waals surface area contributed by atoms with Gasteiger partial charge in [0.2, 0.25) is 5.91 Å². The molecule has 6 nitrogen and oxygen atoms in total. The fourth-order valence-electron chi connectivity index (χ4n) is 8.45. The first-order chi connectivity index (χ1) is 33.0. The van der Waals surface area contributed by atoms with Crippen LogP contribution in [0.15, 0.2) is 72.9 Å². The van der Waals surface area contributed by atoms with Crippen molar-refractivity contribution in [3.05, 3.63) is 72.9 Å². The van der Waals surface area contributed by atoms with Gasteiger partial charge >= 0.3 is 5.97 Å². The van der Waals surface area contributed by atoms with Crippen molar-refractivity contribution in [1.29, 1.82) is 0 Å². The lowest BCUT2D eigenvalue weighted by atomic mass is 10.0. The van der Waals surface area contributed by atoms with Crippen molar-refractivity contribution in [1.82, 2.24) is 5.32 Å². The zero-order valence-corrected chi connectivity index (χ0v) is 44.3. The third-order valence-electron chi connectivity index (χ3n) is 12.8. The van der Waals surface area contributed by atoms with Crippen LogP contribution in [-0.2, 0) is 14.3 Å². The number of carbonyl (C=O) groups is 2. The van der Waals surface area contributed by atoms with Crippen LogP contribution >= 0.6 is 0 Å². The molecule has 1 amide bonds. The van der Waals surface area contributed by atoms with Gasteiger partial charge in [-0.25, -0.2) is 0 Å². The molecule has 0 aromatic heterocycles. The number of amides is 1. The van der Waals surface area contributed by atoms with Crippen LogP contribution in [0, 0.1) is 0 Å².